The molecule has 20 heavy (non-hydrogen) atoms. The molecule has 1 aliphatic carbocycles. The topological polar surface area (TPSA) is 43.6 Å². The van der Waals surface area contributed by atoms with Gasteiger partial charge < -0.3 is 4.57 Å². The highest BCUT2D eigenvalue weighted by atomic mass is 35.5. The number of thioether (sulfide) groups is 1. The molecule has 0 N–H and O–H groups in total. The van der Waals surface area contributed by atoms with Gasteiger partial charge in [0.05, 0.1) is 10.0 Å². The van der Waals surface area contributed by atoms with Crippen molar-refractivity contribution in [3.05, 3.63) is 33.8 Å². The molecule has 106 valence electrons. The number of aromatic nitrogens is 4. The highest BCUT2D eigenvalue weighted by Gasteiger charge is 2.30. The van der Waals surface area contributed by atoms with Crippen molar-refractivity contribution in [3.63, 3.8) is 0 Å². The summed E-state index contributed by atoms with van der Waals surface area (Å²) in [6.45, 7) is 3.00. The highest BCUT2D eigenvalue weighted by Crippen LogP contribution is 2.40. The maximum atomic E-state index is 6.13. The van der Waals surface area contributed by atoms with Crippen molar-refractivity contribution in [2.45, 2.75) is 43.1 Å². The van der Waals surface area contributed by atoms with Gasteiger partial charge in [0, 0.05) is 36.2 Å². The zero-order chi connectivity index (χ0) is 14.1. The molecule has 0 saturated heterocycles. The van der Waals surface area contributed by atoms with E-state index in [0.717, 1.165) is 23.1 Å². The molecule has 0 unspecified atom stereocenters. The standard InChI is InChI=1S/C13H14Cl2N4S/c1-2-19-12(8-3-4-8)17-18-13(19)20-7-9-10(14)5-16-6-11(9)15/h5-6,8H,2-4,7H2,1H3. The van der Waals surface area contributed by atoms with E-state index in [1.807, 2.05) is 0 Å². The fourth-order valence-electron chi connectivity index (χ4n) is 2.06. The van der Waals surface area contributed by atoms with Gasteiger partial charge in [-0.25, -0.2) is 0 Å². The molecule has 0 aliphatic heterocycles. The highest BCUT2D eigenvalue weighted by molar-refractivity contribution is 7.98. The molecular weight excluding hydrogens is 315 g/mol. The molecule has 2 heterocycles. The van der Waals surface area contributed by atoms with E-state index in [0.29, 0.717) is 21.7 Å². The van der Waals surface area contributed by atoms with Crippen molar-refractivity contribution in [2.75, 3.05) is 0 Å². The molecule has 2 aromatic rings. The molecule has 0 spiro atoms. The Morgan fingerprint density at radius 2 is 1.95 bits per heavy atom. The molecule has 1 saturated carbocycles. The van der Waals surface area contributed by atoms with Crippen molar-refractivity contribution in [2.24, 2.45) is 0 Å². The summed E-state index contributed by atoms with van der Waals surface area (Å²) in [5.41, 5.74) is 0.895. The lowest BCUT2D eigenvalue weighted by Crippen LogP contribution is -2.02. The minimum absolute atomic E-state index is 0.593. The number of rotatable bonds is 5. The van der Waals surface area contributed by atoms with E-state index in [4.69, 9.17) is 23.2 Å². The SMILES string of the molecule is CCn1c(SCc2c(Cl)cncc2Cl)nnc1C1CC1. The second-order valence-corrected chi connectivity index (χ2v) is 6.49. The lowest BCUT2D eigenvalue weighted by molar-refractivity contribution is 0.643. The van der Waals surface area contributed by atoms with Crippen molar-refractivity contribution in [1.82, 2.24) is 19.7 Å². The second-order valence-electron chi connectivity index (χ2n) is 4.73. The first-order chi connectivity index (χ1) is 9.70. The van der Waals surface area contributed by atoms with Crippen LogP contribution in [0.1, 0.15) is 37.1 Å². The van der Waals surface area contributed by atoms with E-state index in [1.165, 1.54) is 12.8 Å². The fourth-order valence-corrected chi connectivity index (χ4v) is 3.78. The molecule has 7 heteroatoms. The first kappa shape index (κ1) is 14.2. The van der Waals surface area contributed by atoms with Gasteiger partial charge in [-0.1, -0.05) is 35.0 Å². The second kappa shape index (κ2) is 5.92. The van der Waals surface area contributed by atoms with Crippen LogP contribution in [0.25, 0.3) is 0 Å². The minimum atomic E-state index is 0.593. The van der Waals surface area contributed by atoms with Crippen molar-refractivity contribution < 1.29 is 0 Å². The molecule has 4 nitrogen and oxygen atoms in total. The third kappa shape index (κ3) is 2.80. The molecule has 1 fully saturated rings. The van der Waals surface area contributed by atoms with E-state index >= 15 is 0 Å². The number of hydrogen-bond acceptors (Lipinski definition) is 4. The Labute approximate surface area is 131 Å². The summed E-state index contributed by atoms with van der Waals surface area (Å²) < 4.78 is 2.19. The van der Waals surface area contributed by atoms with Gasteiger partial charge >= 0.3 is 0 Å². The maximum absolute atomic E-state index is 6.13. The molecule has 0 radical (unpaired) electrons. The summed E-state index contributed by atoms with van der Waals surface area (Å²) in [6.07, 6.45) is 5.68. The summed E-state index contributed by atoms with van der Waals surface area (Å²) in [7, 11) is 0. The van der Waals surface area contributed by atoms with Crippen LogP contribution in [0.15, 0.2) is 17.6 Å². The van der Waals surface area contributed by atoms with Gasteiger partial charge in [-0.3, -0.25) is 4.98 Å². The van der Waals surface area contributed by atoms with Gasteiger partial charge in [0.2, 0.25) is 0 Å². The lowest BCUT2D eigenvalue weighted by Gasteiger charge is -2.08. The predicted octanol–water partition coefficient (Wildman–Crippen LogP) is 4.17. The van der Waals surface area contributed by atoms with Crippen LogP contribution in [0.5, 0.6) is 0 Å². The summed E-state index contributed by atoms with van der Waals surface area (Å²) in [5.74, 6) is 2.38. The summed E-state index contributed by atoms with van der Waals surface area (Å²) >= 11 is 13.9. The van der Waals surface area contributed by atoms with Crippen LogP contribution in [-0.4, -0.2) is 19.7 Å². The van der Waals surface area contributed by atoms with Crippen LogP contribution in [0.4, 0.5) is 0 Å². The third-order valence-electron chi connectivity index (χ3n) is 3.30. The number of nitrogens with zero attached hydrogens (tertiary/aromatic N) is 4. The minimum Gasteiger partial charge on any atom is -0.306 e. The molecule has 0 bridgehead atoms. The molecule has 0 aromatic carbocycles. The Kier molecular flexibility index (Phi) is 4.19. The number of halogens is 2. The number of hydrogen-bond donors (Lipinski definition) is 0. The first-order valence-corrected chi connectivity index (χ1v) is 8.28. The normalized spacial score (nSPS) is 14.8. The molecular formula is C13H14Cl2N4S. The Morgan fingerprint density at radius 1 is 1.25 bits per heavy atom. The van der Waals surface area contributed by atoms with Crippen LogP contribution < -0.4 is 0 Å². The molecule has 0 amide bonds. The average Bonchev–Trinajstić information content (AvgIpc) is 3.19. The van der Waals surface area contributed by atoms with Gasteiger partial charge in [-0.05, 0) is 19.8 Å². The van der Waals surface area contributed by atoms with Gasteiger partial charge in [0.1, 0.15) is 5.82 Å². The maximum Gasteiger partial charge on any atom is 0.191 e. The monoisotopic (exact) mass is 328 g/mol. The molecule has 3 rings (SSSR count). The third-order valence-corrected chi connectivity index (χ3v) is 4.95. The largest absolute Gasteiger partial charge is 0.306 e. The van der Waals surface area contributed by atoms with Crippen molar-refractivity contribution in [1.29, 1.82) is 0 Å². The molecule has 0 atom stereocenters. The van der Waals surface area contributed by atoms with Crippen LogP contribution in [0, 0.1) is 0 Å². The fraction of sp³-hybridized carbons (Fsp3) is 0.462. The first-order valence-electron chi connectivity index (χ1n) is 6.54. The molecule has 1 aliphatic rings. The van der Waals surface area contributed by atoms with Gasteiger partial charge in [0.15, 0.2) is 5.16 Å². The van der Waals surface area contributed by atoms with E-state index in [-0.39, 0.29) is 0 Å². The summed E-state index contributed by atoms with van der Waals surface area (Å²) in [6, 6.07) is 0. The predicted molar refractivity (Wildman–Crippen MR) is 81.5 cm³/mol. The zero-order valence-electron chi connectivity index (χ0n) is 11.0. The Bertz CT molecular complexity index is 605. The van der Waals surface area contributed by atoms with E-state index < -0.39 is 0 Å². The number of pyridine rings is 1. The summed E-state index contributed by atoms with van der Waals surface area (Å²) in [4.78, 5) is 3.96. The van der Waals surface area contributed by atoms with E-state index in [9.17, 15) is 0 Å². The zero-order valence-corrected chi connectivity index (χ0v) is 13.3. The summed E-state index contributed by atoms with van der Waals surface area (Å²) in [5, 5.41) is 10.7. The van der Waals surface area contributed by atoms with Crippen LogP contribution in [0.2, 0.25) is 10.0 Å². The van der Waals surface area contributed by atoms with Gasteiger partial charge in [0.25, 0.3) is 0 Å². The van der Waals surface area contributed by atoms with Crippen molar-refractivity contribution >= 4 is 35.0 Å². The van der Waals surface area contributed by atoms with Crippen LogP contribution in [0.3, 0.4) is 0 Å². The average molecular weight is 329 g/mol. The quantitative estimate of drug-likeness (QED) is 0.772. The Hall–Kier alpha value is -0.780. The van der Waals surface area contributed by atoms with Crippen molar-refractivity contribution in [3.8, 4) is 0 Å². The smallest absolute Gasteiger partial charge is 0.191 e. The van der Waals surface area contributed by atoms with E-state index in [2.05, 4.69) is 26.7 Å². The van der Waals surface area contributed by atoms with Gasteiger partial charge in [-0.2, -0.15) is 0 Å². The van der Waals surface area contributed by atoms with Crippen LogP contribution in [-0.2, 0) is 12.3 Å². The molecule has 2 aromatic heterocycles. The van der Waals surface area contributed by atoms with Gasteiger partial charge in [-0.15, -0.1) is 10.2 Å². The van der Waals surface area contributed by atoms with Crippen LogP contribution >= 0.6 is 35.0 Å². The Morgan fingerprint density at radius 3 is 2.55 bits per heavy atom. The Balaban J connectivity index is 1.78. The lowest BCUT2D eigenvalue weighted by atomic mass is 10.3. The van der Waals surface area contributed by atoms with E-state index in [1.54, 1.807) is 24.2 Å².